The highest BCUT2D eigenvalue weighted by Crippen LogP contribution is 2.25. The van der Waals surface area contributed by atoms with E-state index in [4.69, 9.17) is 28.9 Å². The van der Waals surface area contributed by atoms with Crippen molar-refractivity contribution in [1.82, 2.24) is 0 Å². The van der Waals surface area contributed by atoms with Crippen molar-refractivity contribution in [2.24, 2.45) is 5.73 Å². The largest absolute Gasteiger partial charge is 0.366 e. The molecule has 0 radical (unpaired) electrons. The Kier molecular flexibility index (Phi) is 9.90. The fraction of sp³-hybridized carbons (Fsp3) is 0.188. The van der Waals surface area contributed by atoms with Crippen molar-refractivity contribution in [1.29, 1.82) is 0 Å². The van der Waals surface area contributed by atoms with Crippen molar-refractivity contribution in [2.75, 3.05) is 5.32 Å². The van der Waals surface area contributed by atoms with Gasteiger partial charge in [-0.3, -0.25) is 4.79 Å². The van der Waals surface area contributed by atoms with Crippen LogP contribution in [0.5, 0.6) is 0 Å². The second-order valence-electron chi connectivity index (χ2n) is 3.88. The molecule has 0 aromatic heterocycles. The third-order valence-electron chi connectivity index (χ3n) is 2.30. The highest BCUT2D eigenvalue weighted by atomic mass is 79.9. The maximum Gasteiger partial charge on any atom is 0.250 e. The van der Waals surface area contributed by atoms with Crippen molar-refractivity contribution >= 4 is 50.7 Å². The Bertz CT molecular complexity index is 606. The first-order valence-electron chi connectivity index (χ1n) is 6.57. The summed E-state index contributed by atoms with van der Waals surface area (Å²) in [7, 11) is 0. The summed E-state index contributed by atoms with van der Waals surface area (Å²) >= 11 is 15.3. The standard InChI is InChI=1S/C14H13BrCl2N2O.C2H6/c1-3-11(17)13(6-8(2)16)19-12-7-9(15)4-5-10(12)14(18)20;1-2/h3-7,19H,1H2,2H3,(H2,18,20);1-2H3/b8-6+,13-11-;. The number of halogens is 3. The van der Waals surface area contributed by atoms with Crippen LogP contribution < -0.4 is 11.1 Å². The van der Waals surface area contributed by atoms with Gasteiger partial charge in [-0.2, -0.15) is 0 Å². The first kappa shape index (κ1) is 20.8. The van der Waals surface area contributed by atoms with Gasteiger partial charge >= 0.3 is 0 Å². The third kappa shape index (κ3) is 6.69. The van der Waals surface area contributed by atoms with Crippen LogP contribution in [-0.4, -0.2) is 5.91 Å². The summed E-state index contributed by atoms with van der Waals surface area (Å²) in [5, 5.41) is 3.94. The molecule has 1 amide bonds. The average molecular weight is 406 g/mol. The summed E-state index contributed by atoms with van der Waals surface area (Å²) < 4.78 is 0.797. The van der Waals surface area contributed by atoms with Crippen molar-refractivity contribution in [2.45, 2.75) is 20.8 Å². The summed E-state index contributed by atoms with van der Waals surface area (Å²) in [5.41, 5.74) is 6.74. The maximum atomic E-state index is 11.4. The summed E-state index contributed by atoms with van der Waals surface area (Å²) in [6.45, 7) is 9.32. The Hall–Kier alpha value is -1.23. The fourth-order valence-corrected chi connectivity index (χ4v) is 2.03. The molecule has 0 heterocycles. The molecular weight excluding hydrogens is 387 g/mol. The molecule has 1 aromatic rings. The summed E-state index contributed by atoms with van der Waals surface area (Å²) in [4.78, 5) is 11.4. The number of allylic oxidation sites excluding steroid dienone is 4. The van der Waals surface area contributed by atoms with Gasteiger partial charge in [0.05, 0.1) is 22.0 Å². The fourth-order valence-electron chi connectivity index (χ4n) is 1.45. The van der Waals surface area contributed by atoms with Crippen LogP contribution in [0.4, 0.5) is 5.69 Å². The van der Waals surface area contributed by atoms with E-state index in [0.717, 1.165) is 4.47 Å². The molecule has 3 N–H and O–H groups in total. The molecule has 0 saturated carbocycles. The SMILES string of the molecule is C=C/C(Cl)=C(\C=C(/C)Cl)Nc1cc(Br)ccc1C(N)=O.CC. The highest BCUT2D eigenvalue weighted by Gasteiger charge is 2.10. The normalized spacial score (nSPS) is 11.8. The van der Waals surface area contributed by atoms with Crippen LogP contribution in [0.3, 0.4) is 0 Å². The smallest absolute Gasteiger partial charge is 0.250 e. The van der Waals surface area contributed by atoms with Gasteiger partial charge in [-0.15, -0.1) is 0 Å². The third-order valence-corrected chi connectivity index (χ3v) is 3.26. The van der Waals surface area contributed by atoms with Gasteiger partial charge in [0.15, 0.2) is 0 Å². The van der Waals surface area contributed by atoms with Gasteiger partial charge in [-0.1, -0.05) is 59.6 Å². The van der Waals surface area contributed by atoms with E-state index in [2.05, 4.69) is 27.8 Å². The van der Waals surface area contributed by atoms with Crippen LogP contribution in [0.1, 0.15) is 31.1 Å². The van der Waals surface area contributed by atoms with E-state index in [9.17, 15) is 4.79 Å². The van der Waals surface area contributed by atoms with Gasteiger partial charge in [0.2, 0.25) is 0 Å². The zero-order chi connectivity index (χ0) is 17.3. The number of amides is 1. The van der Waals surface area contributed by atoms with E-state index in [0.29, 0.717) is 27.0 Å². The lowest BCUT2D eigenvalue weighted by Crippen LogP contribution is -2.14. The summed E-state index contributed by atoms with van der Waals surface area (Å²) in [5.74, 6) is -0.541. The lowest BCUT2D eigenvalue weighted by molar-refractivity contribution is 0.100. The van der Waals surface area contributed by atoms with Crippen molar-refractivity contribution in [3.8, 4) is 0 Å². The number of rotatable bonds is 5. The Morgan fingerprint density at radius 2 is 1.95 bits per heavy atom. The van der Waals surface area contributed by atoms with E-state index in [1.54, 1.807) is 31.2 Å². The zero-order valence-electron chi connectivity index (χ0n) is 12.7. The molecule has 6 heteroatoms. The predicted octanol–water partition coefficient (Wildman–Crippen LogP) is 5.77. The van der Waals surface area contributed by atoms with Crippen LogP contribution in [0, 0.1) is 0 Å². The average Bonchev–Trinajstić information content (AvgIpc) is 2.47. The molecule has 0 saturated heterocycles. The summed E-state index contributed by atoms with van der Waals surface area (Å²) in [6.07, 6.45) is 3.11. The van der Waals surface area contributed by atoms with Gasteiger partial charge in [0, 0.05) is 9.51 Å². The second-order valence-corrected chi connectivity index (χ2v) is 5.80. The Morgan fingerprint density at radius 3 is 2.41 bits per heavy atom. The minimum Gasteiger partial charge on any atom is -0.366 e. The number of hydrogen-bond donors (Lipinski definition) is 2. The Balaban J connectivity index is 0.00000211. The number of carbonyl (C=O) groups excluding carboxylic acids is 1. The molecule has 0 aliphatic carbocycles. The monoisotopic (exact) mass is 404 g/mol. The van der Waals surface area contributed by atoms with Gasteiger partial charge in [-0.25, -0.2) is 0 Å². The number of nitrogens with one attached hydrogen (secondary N) is 1. The first-order valence-corrected chi connectivity index (χ1v) is 8.12. The van der Waals surface area contributed by atoms with Crippen molar-refractivity contribution < 1.29 is 4.79 Å². The predicted molar refractivity (Wildman–Crippen MR) is 100 cm³/mol. The molecule has 0 aliphatic rings. The molecular formula is C16H19BrCl2N2O. The Labute approximate surface area is 150 Å². The lowest BCUT2D eigenvalue weighted by atomic mass is 10.1. The molecule has 0 bridgehead atoms. The van der Waals surface area contributed by atoms with Crippen LogP contribution in [0.25, 0.3) is 0 Å². The van der Waals surface area contributed by atoms with Crippen molar-refractivity contribution in [3.63, 3.8) is 0 Å². The topological polar surface area (TPSA) is 55.1 Å². The van der Waals surface area contributed by atoms with Gasteiger partial charge in [-0.05, 0) is 37.3 Å². The van der Waals surface area contributed by atoms with Gasteiger partial charge < -0.3 is 11.1 Å². The van der Waals surface area contributed by atoms with Crippen LogP contribution >= 0.6 is 39.1 Å². The lowest BCUT2D eigenvalue weighted by Gasteiger charge is -2.13. The second kappa shape index (κ2) is 10.5. The molecule has 3 nitrogen and oxygen atoms in total. The number of carbonyl (C=O) groups is 1. The molecule has 0 fully saturated rings. The van der Waals surface area contributed by atoms with E-state index in [-0.39, 0.29) is 0 Å². The number of primary amides is 1. The molecule has 1 rings (SSSR count). The zero-order valence-corrected chi connectivity index (χ0v) is 15.8. The highest BCUT2D eigenvalue weighted by molar-refractivity contribution is 9.10. The van der Waals surface area contributed by atoms with Gasteiger partial charge in [0.25, 0.3) is 5.91 Å². The molecule has 22 heavy (non-hydrogen) atoms. The molecule has 0 aliphatic heterocycles. The van der Waals surface area contributed by atoms with Crippen LogP contribution in [0.15, 0.2) is 57.2 Å². The minimum atomic E-state index is -0.541. The van der Waals surface area contributed by atoms with Crippen molar-refractivity contribution in [3.05, 3.63) is 62.7 Å². The number of anilines is 1. The Morgan fingerprint density at radius 1 is 1.36 bits per heavy atom. The number of hydrogen-bond acceptors (Lipinski definition) is 2. The maximum absolute atomic E-state index is 11.4. The van der Waals surface area contributed by atoms with E-state index >= 15 is 0 Å². The van der Waals surface area contributed by atoms with E-state index in [1.807, 2.05) is 13.8 Å². The van der Waals surface area contributed by atoms with Crippen LogP contribution in [-0.2, 0) is 0 Å². The molecule has 0 atom stereocenters. The summed E-state index contributed by atoms with van der Waals surface area (Å²) in [6, 6.07) is 5.07. The number of benzene rings is 1. The van der Waals surface area contributed by atoms with Gasteiger partial charge in [0.1, 0.15) is 0 Å². The molecule has 120 valence electrons. The molecule has 1 aromatic carbocycles. The molecule has 0 spiro atoms. The molecule has 0 unspecified atom stereocenters. The quantitative estimate of drug-likeness (QED) is 0.611. The van der Waals surface area contributed by atoms with E-state index < -0.39 is 5.91 Å². The number of nitrogens with two attached hydrogens (primary N) is 1. The van der Waals surface area contributed by atoms with E-state index in [1.165, 1.54) is 6.08 Å². The first-order chi connectivity index (χ1) is 10.3. The minimum absolute atomic E-state index is 0.347. The van der Waals surface area contributed by atoms with Crippen LogP contribution in [0.2, 0.25) is 0 Å².